The Morgan fingerprint density at radius 3 is 2.45 bits per heavy atom. The van der Waals surface area contributed by atoms with Crippen molar-refractivity contribution in [2.45, 2.75) is 19.0 Å². The van der Waals surface area contributed by atoms with Crippen molar-refractivity contribution in [2.24, 2.45) is 0 Å². The van der Waals surface area contributed by atoms with Gasteiger partial charge < -0.3 is 9.73 Å². The number of thiophene rings is 1. The molecule has 0 aliphatic rings. The molecule has 0 saturated carbocycles. The molecule has 0 radical (unpaired) electrons. The number of quaternary nitrogens is 1. The summed E-state index contributed by atoms with van der Waals surface area (Å²) >= 11 is 1.72. The fraction of sp³-hybridized carbons (Fsp3) is 0.143. The summed E-state index contributed by atoms with van der Waals surface area (Å²) in [6, 6.07) is 20.6. The van der Waals surface area contributed by atoms with E-state index in [-0.39, 0.29) is 17.8 Å². The van der Waals surface area contributed by atoms with E-state index < -0.39 is 4.92 Å². The summed E-state index contributed by atoms with van der Waals surface area (Å²) in [7, 11) is 0. The van der Waals surface area contributed by atoms with E-state index in [4.69, 9.17) is 4.42 Å². The van der Waals surface area contributed by atoms with Crippen LogP contribution in [-0.2, 0) is 0 Å². The lowest BCUT2D eigenvalue weighted by Crippen LogP contribution is -2.85. The van der Waals surface area contributed by atoms with Crippen molar-refractivity contribution in [1.29, 1.82) is 0 Å². The quantitative estimate of drug-likeness (QED) is 0.367. The number of non-ortho nitro benzene ring substituents is 1. The maximum absolute atomic E-state index is 10.8. The standard InChI is InChI=1S/C21H18N4O3S/c1-14(22-19(18-8-5-13-29-18)15-6-3-2-4-7-15)20-23-24-21(28-20)16-9-11-17(12-10-16)25(26)27/h2-14,19,22H,1H3/p+1/t14-,19-/m1/s1. The van der Waals surface area contributed by atoms with Gasteiger partial charge in [-0.05, 0) is 30.5 Å². The molecule has 0 unspecified atom stereocenters. The van der Waals surface area contributed by atoms with Crippen LogP contribution in [0.5, 0.6) is 0 Å². The van der Waals surface area contributed by atoms with E-state index in [0.717, 1.165) is 0 Å². The Kier molecular flexibility index (Phi) is 5.46. The largest absolute Gasteiger partial charge is 0.415 e. The lowest BCUT2D eigenvalue weighted by atomic mass is 10.0. The first-order valence-electron chi connectivity index (χ1n) is 9.13. The molecule has 146 valence electrons. The normalized spacial score (nSPS) is 13.1. The van der Waals surface area contributed by atoms with Crippen LogP contribution in [0.3, 0.4) is 0 Å². The van der Waals surface area contributed by atoms with Gasteiger partial charge in [0.1, 0.15) is 6.04 Å². The molecule has 0 aliphatic carbocycles. The highest BCUT2D eigenvalue weighted by Gasteiger charge is 2.25. The molecule has 2 atom stereocenters. The number of rotatable bonds is 7. The molecular weight excluding hydrogens is 388 g/mol. The molecule has 0 saturated heterocycles. The van der Waals surface area contributed by atoms with Crippen molar-refractivity contribution in [1.82, 2.24) is 10.2 Å². The zero-order chi connectivity index (χ0) is 20.2. The van der Waals surface area contributed by atoms with E-state index in [1.807, 2.05) is 31.2 Å². The van der Waals surface area contributed by atoms with E-state index in [1.54, 1.807) is 23.5 Å². The predicted octanol–water partition coefficient (Wildman–Crippen LogP) is 4.12. The van der Waals surface area contributed by atoms with Crippen LogP contribution >= 0.6 is 11.3 Å². The molecule has 2 aromatic carbocycles. The van der Waals surface area contributed by atoms with E-state index >= 15 is 0 Å². The zero-order valence-corrected chi connectivity index (χ0v) is 16.5. The van der Waals surface area contributed by atoms with Gasteiger partial charge in [-0.1, -0.05) is 36.4 Å². The zero-order valence-electron chi connectivity index (χ0n) is 15.6. The monoisotopic (exact) mass is 407 g/mol. The lowest BCUT2D eigenvalue weighted by Gasteiger charge is -2.17. The van der Waals surface area contributed by atoms with Gasteiger partial charge in [0.2, 0.25) is 5.89 Å². The van der Waals surface area contributed by atoms with Gasteiger partial charge in [0.05, 0.1) is 9.80 Å². The second-order valence-electron chi connectivity index (χ2n) is 6.63. The molecule has 0 bridgehead atoms. The first-order valence-corrected chi connectivity index (χ1v) is 10.0. The first-order chi connectivity index (χ1) is 14.1. The van der Waals surface area contributed by atoms with Crippen LogP contribution in [0.4, 0.5) is 5.69 Å². The van der Waals surface area contributed by atoms with Gasteiger partial charge in [0.15, 0.2) is 6.04 Å². The number of hydrogen-bond donors (Lipinski definition) is 1. The van der Waals surface area contributed by atoms with Gasteiger partial charge in [-0.25, -0.2) is 0 Å². The minimum atomic E-state index is -0.436. The summed E-state index contributed by atoms with van der Waals surface area (Å²) in [6.07, 6.45) is 0. The minimum absolute atomic E-state index is 0.0249. The summed E-state index contributed by atoms with van der Waals surface area (Å²) in [4.78, 5) is 11.6. The first kappa shape index (κ1) is 19.0. The Labute approximate surface area is 171 Å². The molecule has 0 amide bonds. The van der Waals surface area contributed by atoms with Crippen LogP contribution in [0.15, 0.2) is 76.5 Å². The van der Waals surface area contributed by atoms with Crippen molar-refractivity contribution < 1.29 is 14.7 Å². The Hall–Kier alpha value is -3.36. The Morgan fingerprint density at radius 2 is 1.79 bits per heavy atom. The van der Waals surface area contributed by atoms with Gasteiger partial charge >= 0.3 is 0 Å². The Bertz CT molecular complexity index is 1080. The van der Waals surface area contributed by atoms with Gasteiger partial charge in [-0.3, -0.25) is 10.1 Å². The summed E-state index contributed by atoms with van der Waals surface area (Å²) < 4.78 is 5.87. The van der Waals surface area contributed by atoms with Crippen molar-refractivity contribution in [3.8, 4) is 11.5 Å². The number of nitrogens with two attached hydrogens (primary N) is 1. The van der Waals surface area contributed by atoms with Crippen LogP contribution in [0.2, 0.25) is 0 Å². The van der Waals surface area contributed by atoms with E-state index in [0.29, 0.717) is 17.3 Å². The summed E-state index contributed by atoms with van der Waals surface area (Å²) in [5, 5.41) is 23.4. The van der Waals surface area contributed by atoms with Gasteiger partial charge in [0.25, 0.3) is 11.6 Å². The minimum Gasteiger partial charge on any atom is -0.415 e. The van der Waals surface area contributed by atoms with E-state index in [2.05, 4.69) is 39.1 Å². The number of nitro benzene ring substituents is 1. The van der Waals surface area contributed by atoms with Crippen molar-refractivity contribution >= 4 is 17.0 Å². The third-order valence-corrected chi connectivity index (χ3v) is 5.60. The number of benzene rings is 2. The van der Waals surface area contributed by atoms with Crippen LogP contribution in [0.25, 0.3) is 11.5 Å². The Balaban J connectivity index is 1.55. The van der Waals surface area contributed by atoms with Crippen LogP contribution in [-0.4, -0.2) is 15.1 Å². The Morgan fingerprint density at radius 1 is 1.03 bits per heavy atom. The van der Waals surface area contributed by atoms with Crippen LogP contribution < -0.4 is 5.32 Å². The van der Waals surface area contributed by atoms with E-state index in [9.17, 15) is 10.1 Å². The average Bonchev–Trinajstić information content (AvgIpc) is 3.45. The molecule has 4 aromatic rings. The number of nitro groups is 1. The summed E-state index contributed by atoms with van der Waals surface area (Å²) in [6.45, 7) is 2.02. The topological polar surface area (TPSA) is 98.7 Å². The van der Waals surface area contributed by atoms with E-state index in [1.165, 1.54) is 22.6 Å². The smallest absolute Gasteiger partial charge is 0.274 e. The number of aromatic nitrogens is 2. The highest BCUT2D eigenvalue weighted by molar-refractivity contribution is 7.10. The van der Waals surface area contributed by atoms with Crippen molar-refractivity contribution in [2.75, 3.05) is 0 Å². The van der Waals surface area contributed by atoms with Crippen molar-refractivity contribution in [3.05, 3.63) is 98.6 Å². The van der Waals surface area contributed by atoms with Crippen LogP contribution in [0.1, 0.15) is 35.3 Å². The molecule has 0 aliphatic heterocycles. The molecule has 0 fully saturated rings. The average molecular weight is 407 g/mol. The highest BCUT2D eigenvalue weighted by atomic mass is 32.1. The molecule has 2 heterocycles. The maximum Gasteiger partial charge on any atom is 0.274 e. The molecule has 2 N–H and O–H groups in total. The summed E-state index contributed by atoms with van der Waals surface area (Å²) in [5.74, 6) is 0.860. The molecule has 8 heteroatoms. The molecule has 2 aromatic heterocycles. The predicted molar refractivity (Wildman–Crippen MR) is 109 cm³/mol. The van der Waals surface area contributed by atoms with Crippen molar-refractivity contribution in [3.63, 3.8) is 0 Å². The van der Waals surface area contributed by atoms with Gasteiger partial charge in [-0.15, -0.1) is 21.5 Å². The number of nitrogens with zero attached hydrogens (tertiary/aromatic N) is 3. The van der Waals surface area contributed by atoms with Gasteiger partial charge in [-0.2, -0.15) is 0 Å². The fourth-order valence-electron chi connectivity index (χ4n) is 3.13. The molecule has 4 rings (SSSR count). The second kappa shape index (κ2) is 8.34. The molecule has 0 spiro atoms. The SMILES string of the molecule is C[C@@H]([NH2+][C@H](c1ccccc1)c1cccs1)c1nnc(-c2ccc([N+](=O)[O-])cc2)o1. The summed E-state index contributed by atoms with van der Waals surface area (Å²) in [5.41, 5.74) is 1.88. The molecule has 29 heavy (non-hydrogen) atoms. The lowest BCUT2D eigenvalue weighted by molar-refractivity contribution is -0.725. The second-order valence-corrected chi connectivity index (χ2v) is 7.61. The molecule has 7 nitrogen and oxygen atoms in total. The highest BCUT2D eigenvalue weighted by Crippen LogP contribution is 2.25. The van der Waals surface area contributed by atoms with Crippen LogP contribution in [0, 0.1) is 10.1 Å². The third kappa shape index (κ3) is 4.23. The molecular formula is C21H19N4O3S+. The third-order valence-electron chi connectivity index (χ3n) is 4.64. The van der Waals surface area contributed by atoms with Gasteiger partial charge in [0, 0.05) is 23.3 Å². The fourth-order valence-corrected chi connectivity index (χ4v) is 3.96. The maximum atomic E-state index is 10.8. The number of hydrogen-bond acceptors (Lipinski definition) is 6.